The molecule has 2 rings (SSSR count). The van der Waals surface area contributed by atoms with E-state index in [1.54, 1.807) is 18.4 Å². The zero-order chi connectivity index (χ0) is 16.1. The van der Waals surface area contributed by atoms with E-state index in [9.17, 15) is 4.79 Å². The van der Waals surface area contributed by atoms with E-state index in [1.807, 2.05) is 6.20 Å². The average Bonchev–Trinajstić information content (AvgIpc) is 3.14. The molecule has 8 heteroatoms. The molecule has 130 valence electrons. The molecule has 0 aliphatic carbocycles. The zero-order valence-electron chi connectivity index (χ0n) is 14.0. The van der Waals surface area contributed by atoms with Crippen LogP contribution < -0.4 is 5.32 Å². The number of methoxy groups -OCH3 is 1. The number of rotatable bonds is 4. The molecule has 0 spiro atoms. The quantitative estimate of drug-likeness (QED) is 0.328. The van der Waals surface area contributed by atoms with Crippen molar-refractivity contribution in [1.82, 2.24) is 15.2 Å². The van der Waals surface area contributed by atoms with Crippen LogP contribution in [0.4, 0.5) is 0 Å². The molecule has 0 radical (unpaired) electrons. The molecule has 2 heterocycles. The Hall–Kier alpha value is -0.900. The first-order chi connectivity index (χ1) is 10.6. The first kappa shape index (κ1) is 20.1. The summed E-state index contributed by atoms with van der Waals surface area (Å²) >= 11 is 1.72. The Morgan fingerprint density at radius 2 is 2.30 bits per heavy atom. The van der Waals surface area contributed by atoms with Gasteiger partial charge >= 0.3 is 5.97 Å². The van der Waals surface area contributed by atoms with Crippen molar-refractivity contribution in [3.8, 4) is 0 Å². The van der Waals surface area contributed by atoms with Crippen LogP contribution in [0, 0.1) is 11.8 Å². The van der Waals surface area contributed by atoms with Gasteiger partial charge in [-0.25, -0.2) is 4.98 Å². The van der Waals surface area contributed by atoms with Gasteiger partial charge in [-0.15, -0.1) is 35.3 Å². The van der Waals surface area contributed by atoms with Gasteiger partial charge in [-0.05, 0) is 12.3 Å². The fourth-order valence-electron chi connectivity index (χ4n) is 2.68. The molecule has 0 aromatic carbocycles. The maximum absolute atomic E-state index is 11.8. The third kappa shape index (κ3) is 5.03. The van der Waals surface area contributed by atoms with E-state index < -0.39 is 0 Å². The van der Waals surface area contributed by atoms with Crippen molar-refractivity contribution < 1.29 is 9.53 Å². The zero-order valence-corrected chi connectivity index (χ0v) is 17.2. The maximum atomic E-state index is 11.8. The number of aliphatic imine (C=N–C) groups is 1. The lowest BCUT2D eigenvalue weighted by Crippen LogP contribution is -2.40. The van der Waals surface area contributed by atoms with Gasteiger partial charge in [-0.2, -0.15) is 0 Å². The van der Waals surface area contributed by atoms with Crippen LogP contribution in [0.2, 0.25) is 0 Å². The maximum Gasteiger partial charge on any atom is 0.310 e. The number of nitrogens with zero attached hydrogens (tertiary/aromatic N) is 3. The number of ether oxygens (including phenoxy) is 1. The number of hydrogen-bond donors (Lipinski definition) is 1. The van der Waals surface area contributed by atoms with Gasteiger partial charge in [0.2, 0.25) is 0 Å². The third-order valence-corrected chi connectivity index (χ3v) is 5.12. The number of nitrogens with one attached hydrogen (secondary N) is 1. The van der Waals surface area contributed by atoms with Gasteiger partial charge < -0.3 is 15.0 Å². The van der Waals surface area contributed by atoms with Crippen LogP contribution in [0.5, 0.6) is 0 Å². The van der Waals surface area contributed by atoms with Gasteiger partial charge in [0.25, 0.3) is 0 Å². The van der Waals surface area contributed by atoms with Crippen molar-refractivity contribution in [3.05, 3.63) is 16.1 Å². The second-order valence-electron chi connectivity index (χ2n) is 5.49. The summed E-state index contributed by atoms with van der Waals surface area (Å²) in [5.41, 5.74) is 0. The largest absolute Gasteiger partial charge is 0.469 e. The van der Waals surface area contributed by atoms with E-state index in [4.69, 9.17) is 4.74 Å². The minimum atomic E-state index is -0.141. The molecule has 1 saturated heterocycles. The van der Waals surface area contributed by atoms with Gasteiger partial charge in [0.1, 0.15) is 5.01 Å². The average molecular weight is 452 g/mol. The summed E-state index contributed by atoms with van der Waals surface area (Å²) in [6, 6.07) is 0. The van der Waals surface area contributed by atoms with Crippen LogP contribution in [-0.2, 0) is 22.5 Å². The Labute approximate surface area is 158 Å². The lowest BCUT2D eigenvalue weighted by atomic mass is 9.99. The molecular formula is C15H25IN4O2S. The molecule has 2 atom stereocenters. The number of esters is 1. The van der Waals surface area contributed by atoms with E-state index in [1.165, 1.54) is 12.0 Å². The first-order valence-corrected chi connectivity index (χ1v) is 8.37. The number of aryl methyl sites for hydroxylation is 1. The first-order valence-electron chi connectivity index (χ1n) is 7.56. The van der Waals surface area contributed by atoms with Crippen LogP contribution >= 0.6 is 35.3 Å². The Bertz CT molecular complexity index is 549. The van der Waals surface area contributed by atoms with Crippen LogP contribution in [0.1, 0.15) is 23.7 Å². The Morgan fingerprint density at radius 1 is 1.57 bits per heavy atom. The molecule has 0 saturated carbocycles. The molecule has 1 fully saturated rings. The van der Waals surface area contributed by atoms with Crippen molar-refractivity contribution in [2.24, 2.45) is 16.8 Å². The SMILES string of the molecule is CCc1cnc(CNC(=NC)N2CC(C)C(C(=O)OC)C2)s1.I. The van der Waals surface area contributed by atoms with Gasteiger partial charge in [0, 0.05) is 31.2 Å². The van der Waals surface area contributed by atoms with E-state index >= 15 is 0 Å². The van der Waals surface area contributed by atoms with Crippen molar-refractivity contribution in [1.29, 1.82) is 0 Å². The Kier molecular flexibility index (Phi) is 8.24. The lowest BCUT2D eigenvalue weighted by Gasteiger charge is -2.21. The normalized spacial score (nSPS) is 21.0. The number of guanidine groups is 1. The third-order valence-electron chi connectivity index (χ3n) is 3.98. The summed E-state index contributed by atoms with van der Waals surface area (Å²) in [5, 5.41) is 4.39. The molecule has 6 nitrogen and oxygen atoms in total. The second-order valence-corrected chi connectivity index (χ2v) is 6.69. The minimum absolute atomic E-state index is 0. The summed E-state index contributed by atoms with van der Waals surface area (Å²) in [4.78, 5) is 23.9. The highest BCUT2D eigenvalue weighted by molar-refractivity contribution is 14.0. The predicted molar refractivity (Wildman–Crippen MR) is 103 cm³/mol. The summed E-state index contributed by atoms with van der Waals surface area (Å²) in [6.07, 6.45) is 2.94. The summed E-state index contributed by atoms with van der Waals surface area (Å²) in [5.74, 6) is 0.845. The van der Waals surface area contributed by atoms with Crippen molar-refractivity contribution in [3.63, 3.8) is 0 Å². The van der Waals surface area contributed by atoms with Gasteiger partial charge in [0.15, 0.2) is 5.96 Å². The highest BCUT2D eigenvalue weighted by atomic mass is 127. The molecular weight excluding hydrogens is 427 g/mol. The molecule has 1 aromatic rings. The number of thiazole rings is 1. The summed E-state index contributed by atoms with van der Waals surface area (Å²) < 4.78 is 4.88. The molecule has 1 aromatic heterocycles. The number of aromatic nitrogens is 1. The Balaban J connectivity index is 0.00000264. The van der Waals surface area contributed by atoms with Crippen LogP contribution in [0.15, 0.2) is 11.2 Å². The lowest BCUT2D eigenvalue weighted by molar-refractivity contribution is -0.145. The van der Waals surface area contributed by atoms with Crippen LogP contribution in [0.25, 0.3) is 0 Å². The van der Waals surface area contributed by atoms with Gasteiger partial charge in [-0.3, -0.25) is 9.79 Å². The highest BCUT2D eigenvalue weighted by Gasteiger charge is 2.36. The van der Waals surface area contributed by atoms with E-state index in [0.29, 0.717) is 13.1 Å². The Morgan fingerprint density at radius 3 is 2.87 bits per heavy atom. The molecule has 2 unspecified atom stereocenters. The molecule has 0 bridgehead atoms. The van der Waals surface area contributed by atoms with E-state index in [0.717, 1.165) is 23.9 Å². The van der Waals surface area contributed by atoms with Gasteiger partial charge in [0.05, 0.1) is 19.6 Å². The number of hydrogen-bond acceptors (Lipinski definition) is 5. The van der Waals surface area contributed by atoms with Crippen LogP contribution in [0.3, 0.4) is 0 Å². The van der Waals surface area contributed by atoms with Crippen molar-refractivity contribution in [2.45, 2.75) is 26.8 Å². The van der Waals surface area contributed by atoms with Crippen molar-refractivity contribution in [2.75, 3.05) is 27.2 Å². The molecule has 1 aliphatic rings. The fraction of sp³-hybridized carbons (Fsp3) is 0.667. The summed E-state index contributed by atoms with van der Waals surface area (Å²) in [7, 11) is 3.20. The van der Waals surface area contributed by atoms with Gasteiger partial charge in [-0.1, -0.05) is 13.8 Å². The number of likely N-dealkylation sites (tertiary alicyclic amines) is 1. The van der Waals surface area contributed by atoms with E-state index in [-0.39, 0.29) is 41.8 Å². The number of carbonyl (C=O) groups is 1. The standard InChI is InChI=1S/C15H24N4O2S.HI/c1-5-11-6-17-13(22-11)7-18-15(16-3)19-8-10(2)12(9-19)14(20)21-4;/h6,10,12H,5,7-9H2,1-4H3,(H,16,18);1H. The number of halogens is 1. The monoisotopic (exact) mass is 452 g/mol. The van der Waals surface area contributed by atoms with E-state index in [2.05, 4.69) is 34.0 Å². The summed E-state index contributed by atoms with van der Waals surface area (Å²) in [6.45, 7) is 6.31. The van der Waals surface area contributed by atoms with Crippen LogP contribution in [-0.4, -0.2) is 49.1 Å². The highest BCUT2D eigenvalue weighted by Crippen LogP contribution is 2.24. The predicted octanol–water partition coefficient (Wildman–Crippen LogP) is 2.14. The molecule has 0 amide bonds. The second kappa shape index (κ2) is 9.41. The minimum Gasteiger partial charge on any atom is -0.469 e. The molecule has 1 aliphatic heterocycles. The van der Waals surface area contributed by atoms with Crippen molar-refractivity contribution >= 4 is 47.2 Å². The smallest absolute Gasteiger partial charge is 0.310 e. The topological polar surface area (TPSA) is 66.8 Å². The number of carbonyl (C=O) groups excluding carboxylic acids is 1. The molecule has 1 N–H and O–H groups in total. The molecule has 23 heavy (non-hydrogen) atoms. The fourth-order valence-corrected chi connectivity index (χ4v) is 3.48.